The molecular weight excluding hydrogens is 316 g/mol. The van der Waals surface area contributed by atoms with Crippen molar-refractivity contribution in [2.24, 2.45) is 0 Å². The van der Waals surface area contributed by atoms with Gasteiger partial charge in [-0.1, -0.05) is 22.0 Å². The zero-order valence-corrected chi connectivity index (χ0v) is 13.1. The lowest BCUT2D eigenvalue weighted by Gasteiger charge is -2.20. The van der Waals surface area contributed by atoms with Crippen molar-refractivity contribution >= 4 is 15.9 Å². The van der Waals surface area contributed by atoms with Crippen LogP contribution in [0.2, 0.25) is 0 Å². The van der Waals surface area contributed by atoms with Crippen LogP contribution in [0, 0.1) is 13.8 Å². The van der Waals surface area contributed by atoms with Crippen molar-refractivity contribution < 1.29 is 13.5 Å². The van der Waals surface area contributed by atoms with Gasteiger partial charge in [-0.05, 0) is 50.1 Å². The SMILES string of the molecule is CNC(CCOCC(F)F)c1cc(C)c(Br)cc1C. The summed E-state index contributed by atoms with van der Waals surface area (Å²) in [4.78, 5) is 0. The molecule has 1 unspecified atom stereocenters. The number of benzene rings is 1. The van der Waals surface area contributed by atoms with Gasteiger partial charge >= 0.3 is 0 Å². The van der Waals surface area contributed by atoms with E-state index in [0.717, 1.165) is 10.0 Å². The highest BCUT2D eigenvalue weighted by atomic mass is 79.9. The first-order valence-electron chi connectivity index (χ1n) is 6.25. The average molecular weight is 336 g/mol. The van der Waals surface area contributed by atoms with Gasteiger partial charge in [0.2, 0.25) is 0 Å². The first kappa shape index (κ1) is 16.5. The molecule has 0 spiro atoms. The van der Waals surface area contributed by atoms with Gasteiger partial charge < -0.3 is 10.1 Å². The molecule has 1 atom stereocenters. The van der Waals surface area contributed by atoms with Crippen molar-refractivity contribution in [1.29, 1.82) is 0 Å². The van der Waals surface area contributed by atoms with Crippen LogP contribution < -0.4 is 5.32 Å². The van der Waals surface area contributed by atoms with Crippen LogP contribution >= 0.6 is 15.9 Å². The lowest BCUT2D eigenvalue weighted by atomic mass is 9.97. The summed E-state index contributed by atoms with van der Waals surface area (Å²) >= 11 is 3.50. The highest BCUT2D eigenvalue weighted by molar-refractivity contribution is 9.10. The van der Waals surface area contributed by atoms with E-state index >= 15 is 0 Å². The van der Waals surface area contributed by atoms with Gasteiger partial charge in [-0.25, -0.2) is 8.78 Å². The second-order valence-electron chi connectivity index (χ2n) is 4.55. The number of aryl methyl sites for hydroxylation is 2. The van der Waals surface area contributed by atoms with Crippen molar-refractivity contribution in [2.75, 3.05) is 20.3 Å². The smallest absolute Gasteiger partial charge is 0.261 e. The Hall–Kier alpha value is -0.520. The van der Waals surface area contributed by atoms with E-state index in [4.69, 9.17) is 4.74 Å². The molecule has 1 aromatic rings. The zero-order chi connectivity index (χ0) is 14.4. The van der Waals surface area contributed by atoms with E-state index < -0.39 is 13.0 Å². The fraction of sp³-hybridized carbons (Fsp3) is 0.571. The number of halogens is 3. The van der Waals surface area contributed by atoms with Gasteiger partial charge in [-0.2, -0.15) is 0 Å². The van der Waals surface area contributed by atoms with Crippen molar-refractivity contribution in [2.45, 2.75) is 32.7 Å². The number of hydrogen-bond donors (Lipinski definition) is 1. The number of rotatable bonds is 7. The van der Waals surface area contributed by atoms with Gasteiger partial charge in [-0.3, -0.25) is 0 Å². The van der Waals surface area contributed by atoms with Crippen LogP contribution in [0.4, 0.5) is 8.78 Å². The number of hydrogen-bond acceptors (Lipinski definition) is 2. The van der Waals surface area contributed by atoms with E-state index in [0.29, 0.717) is 13.0 Å². The van der Waals surface area contributed by atoms with Gasteiger partial charge in [0, 0.05) is 17.1 Å². The Kier molecular flexibility index (Phi) is 6.89. The summed E-state index contributed by atoms with van der Waals surface area (Å²) in [6.07, 6.45) is -1.73. The van der Waals surface area contributed by atoms with Crippen LogP contribution in [0.25, 0.3) is 0 Å². The largest absolute Gasteiger partial charge is 0.375 e. The van der Waals surface area contributed by atoms with E-state index in [-0.39, 0.29) is 6.04 Å². The monoisotopic (exact) mass is 335 g/mol. The normalized spacial score (nSPS) is 13.0. The van der Waals surface area contributed by atoms with Crippen LogP contribution in [0.1, 0.15) is 29.2 Å². The van der Waals surface area contributed by atoms with Crippen LogP contribution in [0.5, 0.6) is 0 Å². The molecule has 0 bridgehead atoms. The lowest BCUT2D eigenvalue weighted by Crippen LogP contribution is -2.20. The Morgan fingerprint density at radius 2 is 1.95 bits per heavy atom. The molecule has 0 heterocycles. The average Bonchev–Trinajstić information content (AvgIpc) is 2.34. The third kappa shape index (κ3) is 5.16. The zero-order valence-electron chi connectivity index (χ0n) is 11.5. The van der Waals surface area contributed by atoms with Crippen molar-refractivity contribution in [3.63, 3.8) is 0 Å². The highest BCUT2D eigenvalue weighted by Gasteiger charge is 2.13. The van der Waals surface area contributed by atoms with E-state index in [1.165, 1.54) is 11.1 Å². The molecule has 0 saturated heterocycles. The number of alkyl halides is 2. The highest BCUT2D eigenvalue weighted by Crippen LogP contribution is 2.26. The summed E-state index contributed by atoms with van der Waals surface area (Å²) < 4.78 is 30.0. The molecule has 0 radical (unpaired) electrons. The van der Waals surface area contributed by atoms with E-state index in [2.05, 4.69) is 33.4 Å². The topological polar surface area (TPSA) is 21.3 Å². The van der Waals surface area contributed by atoms with Gasteiger partial charge in [0.15, 0.2) is 0 Å². The van der Waals surface area contributed by atoms with Crippen LogP contribution in [-0.4, -0.2) is 26.7 Å². The fourth-order valence-electron chi connectivity index (χ4n) is 2.01. The third-order valence-electron chi connectivity index (χ3n) is 3.07. The first-order chi connectivity index (χ1) is 8.95. The summed E-state index contributed by atoms with van der Waals surface area (Å²) in [5, 5.41) is 3.21. The van der Waals surface area contributed by atoms with Gasteiger partial charge in [-0.15, -0.1) is 0 Å². The minimum absolute atomic E-state index is 0.115. The predicted octanol–water partition coefficient (Wildman–Crippen LogP) is 4.00. The molecule has 0 aliphatic carbocycles. The van der Waals surface area contributed by atoms with Crippen LogP contribution in [0.3, 0.4) is 0 Å². The summed E-state index contributed by atoms with van der Waals surface area (Å²) in [7, 11) is 1.87. The molecule has 0 amide bonds. The van der Waals surface area contributed by atoms with Crippen LogP contribution in [-0.2, 0) is 4.74 Å². The van der Waals surface area contributed by atoms with Gasteiger partial charge in [0.1, 0.15) is 6.61 Å². The van der Waals surface area contributed by atoms with Crippen molar-refractivity contribution in [3.05, 3.63) is 33.3 Å². The Balaban J connectivity index is 2.67. The second kappa shape index (κ2) is 7.92. The molecule has 19 heavy (non-hydrogen) atoms. The Morgan fingerprint density at radius 1 is 1.26 bits per heavy atom. The molecule has 2 nitrogen and oxygen atoms in total. The Morgan fingerprint density at radius 3 is 2.53 bits per heavy atom. The maximum absolute atomic E-state index is 12.0. The molecular formula is C14H20BrF2NO. The molecule has 0 aromatic heterocycles. The molecule has 1 rings (SSSR count). The number of ether oxygens (including phenoxy) is 1. The maximum Gasteiger partial charge on any atom is 0.261 e. The number of nitrogens with one attached hydrogen (secondary N) is 1. The van der Waals surface area contributed by atoms with Crippen LogP contribution in [0.15, 0.2) is 16.6 Å². The molecule has 1 N–H and O–H groups in total. The summed E-state index contributed by atoms with van der Waals surface area (Å²) in [5.41, 5.74) is 3.52. The molecule has 108 valence electrons. The van der Waals surface area contributed by atoms with Crippen molar-refractivity contribution in [3.8, 4) is 0 Å². The minimum Gasteiger partial charge on any atom is -0.375 e. The molecule has 5 heteroatoms. The maximum atomic E-state index is 12.0. The fourth-order valence-corrected chi connectivity index (χ4v) is 2.47. The van der Waals surface area contributed by atoms with Gasteiger partial charge in [0.05, 0.1) is 0 Å². The predicted molar refractivity (Wildman–Crippen MR) is 76.9 cm³/mol. The molecule has 1 aromatic carbocycles. The van der Waals surface area contributed by atoms with E-state index in [1.807, 2.05) is 20.9 Å². The standard InChI is InChI=1S/C14H20BrF2NO/c1-9-7-12(15)10(2)6-11(9)13(18-3)4-5-19-8-14(16)17/h6-7,13-14,18H,4-5,8H2,1-3H3. The summed E-state index contributed by atoms with van der Waals surface area (Å²) in [6.45, 7) is 3.91. The lowest BCUT2D eigenvalue weighted by molar-refractivity contribution is 0.0145. The second-order valence-corrected chi connectivity index (χ2v) is 5.41. The Bertz CT molecular complexity index is 413. The summed E-state index contributed by atoms with van der Waals surface area (Å²) in [6, 6.07) is 4.31. The quantitative estimate of drug-likeness (QED) is 0.760. The van der Waals surface area contributed by atoms with Gasteiger partial charge in [0.25, 0.3) is 6.43 Å². The minimum atomic E-state index is -2.40. The van der Waals surface area contributed by atoms with E-state index in [9.17, 15) is 8.78 Å². The molecule has 0 aliphatic rings. The molecule has 0 aliphatic heterocycles. The van der Waals surface area contributed by atoms with Crippen molar-refractivity contribution in [1.82, 2.24) is 5.32 Å². The molecule has 0 saturated carbocycles. The Labute approximate surface area is 121 Å². The van der Waals surface area contributed by atoms with E-state index in [1.54, 1.807) is 0 Å². The first-order valence-corrected chi connectivity index (χ1v) is 7.04. The third-order valence-corrected chi connectivity index (χ3v) is 3.92. The summed E-state index contributed by atoms with van der Waals surface area (Å²) in [5.74, 6) is 0. The molecule has 0 fully saturated rings.